The number of amides is 1. The van der Waals surface area contributed by atoms with Crippen molar-refractivity contribution in [3.8, 4) is 11.3 Å². The SMILES string of the molecule is CCN(CC)CCCCC(=O)N1CCC(c2nc(-c3ccc4c(c3)C(C)(C)CCC4(C)C)cs2)CC1. The van der Waals surface area contributed by atoms with Crippen LogP contribution in [0.3, 0.4) is 0 Å². The van der Waals surface area contributed by atoms with Gasteiger partial charge in [-0.3, -0.25) is 4.79 Å². The maximum Gasteiger partial charge on any atom is 0.222 e. The molecule has 1 saturated heterocycles. The van der Waals surface area contributed by atoms with Crippen molar-refractivity contribution in [1.82, 2.24) is 14.8 Å². The zero-order chi connectivity index (χ0) is 25.9. The number of nitrogens with zero attached hydrogens (tertiary/aromatic N) is 3. The van der Waals surface area contributed by atoms with E-state index in [0.29, 0.717) is 18.2 Å². The molecule has 1 aliphatic heterocycles. The number of unbranched alkanes of at least 4 members (excludes halogenated alkanes) is 1. The lowest BCUT2D eigenvalue weighted by Crippen LogP contribution is -2.37. The van der Waals surface area contributed by atoms with E-state index in [1.165, 1.54) is 34.5 Å². The minimum Gasteiger partial charge on any atom is -0.343 e. The zero-order valence-electron chi connectivity index (χ0n) is 23.5. The molecule has 0 saturated carbocycles. The summed E-state index contributed by atoms with van der Waals surface area (Å²) in [6.45, 7) is 19.0. The van der Waals surface area contributed by atoms with Gasteiger partial charge in [-0.15, -0.1) is 11.3 Å². The molecule has 1 aromatic heterocycles. The van der Waals surface area contributed by atoms with Gasteiger partial charge < -0.3 is 9.80 Å². The summed E-state index contributed by atoms with van der Waals surface area (Å²) in [4.78, 5) is 22.4. The van der Waals surface area contributed by atoms with Crippen LogP contribution >= 0.6 is 11.3 Å². The van der Waals surface area contributed by atoms with Gasteiger partial charge in [0.15, 0.2) is 0 Å². The van der Waals surface area contributed by atoms with Crippen molar-refractivity contribution in [3.05, 3.63) is 39.7 Å². The summed E-state index contributed by atoms with van der Waals surface area (Å²) in [7, 11) is 0. The van der Waals surface area contributed by atoms with E-state index in [1.54, 1.807) is 11.3 Å². The molecule has 0 spiro atoms. The lowest BCUT2D eigenvalue weighted by molar-refractivity contribution is -0.132. The van der Waals surface area contributed by atoms with E-state index in [4.69, 9.17) is 4.98 Å². The van der Waals surface area contributed by atoms with Crippen molar-refractivity contribution in [2.45, 2.75) is 103 Å². The van der Waals surface area contributed by atoms with Crippen LogP contribution in [0.5, 0.6) is 0 Å². The summed E-state index contributed by atoms with van der Waals surface area (Å²) in [5.41, 5.74) is 5.82. The Morgan fingerprint density at radius 3 is 2.36 bits per heavy atom. The van der Waals surface area contributed by atoms with Gasteiger partial charge in [-0.25, -0.2) is 4.98 Å². The van der Waals surface area contributed by atoms with Crippen LogP contribution in [0.2, 0.25) is 0 Å². The lowest BCUT2D eigenvalue weighted by Gasteiger charge is -2.42. The molecule has 0 bridgehead atoms. The Morgan fingerprint density at radius 2 is 1.69 bits per heavy atom. The van der Waals surface area contributed by atoms with Crippen molar-refractivity contribution in [2.24, 2.45) is 0 Å². The predicted molar refractivity (Wildman–Crippen MR) is 153 cm³/mol. The molecule has 0 N–H and O–H groups in total. The number of likely N-dealkylation sites (tertiary alicyclic amines) is 1. The standard InChI is InChI=1S/C31H47N3OS/c1-7-33(8-2)18-10-9-11-28(35)34-19-14-23(15-20-34)29-32-27(22-36-29)24-12-13-25-26(21-24)31(5,6)17-16-30(25,3)4/h12-13,21-23H,7-11,14-20H2,1-6H3. The number of piperidine rings is 1. The van der Waals surface area contributed by atoms with Crippen LogP contribution in [-0.4, -0.2) is 53.4 Å². The highest BCUT2D eigenvalue weighted by atomic mass is 32.1. The van der Waals surface area contributed by atoms with Crippen LogP contribution in [0.4, 0.5) is 0 Å². The highest BCUT2D eigenvalue weighted by Gasteiger charge is 2.37. The molecule has 2 aromatic rings. The number of hydrogen-bond donors (Lipinski definition) is 0. The van der Waals surface area contributed by atoms with Crippen LogP contribution in [0.1, 0.15) is 109 Å². The molecule has 1 aromatic carbocycles. The molecular weight excluding hydrogens is 462 g/mol. The largest absolute Gasteiger partial charge is 0.343 e. The topological polar surface area (TPSA) is 36.4 Å². The number of carbonyl (C=O) groups is 1. The molecule has 2 aliphatic rings. The van der Waals surface area contributed by atoms with Gasteiger partial charge in [0.2, 0.25) is 5.91 Å². The van der Waals surface area contributed by atoms with E-state index in [1.807, 2.05) is 0 Å². The Labute approximate surface area is 223 Å². The molecule has 4 nitrogen and oxygen atoms in total. The van der Waals surface area contributed by atoms with E-state index < -0.39 is 0 Å². The first-order valence-electron chi connectivity index (χ1n) is 14.3. The van der Waals surface area contributed by atoms with Gasteiger partial charge in [0.25, 0.3) is 0 Å². The Balaban J connectivity index is 1.33. The van der Waals surface area contributed by atoms with E-state index in [9.17, 15) is 4.79 Å². The fourth-order valence-corrected chi connectivity index (χ4v) is 7.04. The Kier molecular flexibility index (Phi) is 8.61. The molecule has 36 heavy (non-hydrogen) atoms. The smallest absolute Gasteiger partial charge is 0.222 e. The van der Waals surface area contributed by atoms with E-state index in [-0.39, 0.29) is 10.8 Å². The summed E-state index contributed by atoms with van der Waals surface area (Å²) in [6, 6.07) is 7.05. The summed E-state index contributed by atoms with van der Waals surface area (Å²) in [6.07, 6.45) is 7.34. The van der Waals surface area contributed by atoms with Crippen molar-refractivity contribution in [2.75, 3.05) is 32.7 Å². The van der Waals surface area contributed by atoms with Crippen LogP contribution < -0.4 is 0 Å². The molecule has 0 unspecified atom stereocenters. The van der Waals surface area contributed by atoms with Crippen molar-refractivity contribution in [1.29, 1.82) is 0 Å². The van der Waals surface area contributed by atoms with Crippen molar-refractivity contribution >= 4 is 17.2 Å². The third kappa shape index (κ3) is 6.05. The number of fused-ring (bicyclic) bond motifs is 1. The van der Waals surface area contributed by atoms with Crippen LogP contribution in [0, 0.1) is 0 Å². The van der Waals surface area contributed by atoms with Crippen molar-refractivity contribution < 1.29 is 4.79 Å². The summed E-state index contributed by atoms with van der Waals surface area (Å²) < 4.78 is 0. The van der Waals surface area contributed by atoms with Crippen LogP contribution in [0.15, 0.2) is 23.6 Å². The first-order chi connectivity index (χ1) is 17.1. The molecule has 2 heterocycles. The Hall–Kier alpha value is -1.72. The number of hydrogen-bond acceptors (Lipinski definition) is 4. The minimum atomic E-state index is 0.213. The van der Waals surface area contributed by atoms with E-state index in [2.05, 4.69) is 74.9 Å². The molecule has 0 atom stereocenters. The average molecular weight is 510 g/mol. The molecule has 1 fully saturated rings. The summed E-state index contributed by atoms with van der Waals surface area (Å²) >= 11 is 1.80. The third-order valence-corrected chi connectivity index (χ3v) is 9.88. The van der Waals surface area contributed by atoms with Crippen LogP contribution in [0.25, 0.3) is 11.3 Å². The fraction of sp³-hybridized carbons (Fsp3) is 0.677. The van der Waals surface area contributed by atoms with E-state index in [0.717, 1.165) is 64.1 Å². The van der Waals surface area contributed by atoms with Gasteiger partial charge in [-0.2, -0.15) is 0 Å². The van der Waals surface area contributed by atoms with Gasteiger partial charge in [-0.1, -0.05) is 53.7 Å². The van der Waals surface area contributed by atoms with Gasteiger partial charge >= 0.3 is 0 Å². The number of aromatic nitrogens is 1. The number of rotatable bonds is 9. The van der Waals surface area contributed by atoms with Gasteiger partial charge in [-0.05, 0) is 86.2 Å². The highest BCUT2D eigenvalue weighted by molar-refractivity contribution is 7.10. The first kappa shape index (κ1) is 27.3. The monoisotopic (exact) mass is 509 g/mol. The first-order valence-corrected chi connectivity index (χ1v) is 15.1. The average Bonchev–Trinajstić information content (AvgIpc) is 3.37. The summed E-state index contributed by atoms with van der Waals surface area (Å²) in [5.74, 6) is 0.816. The zero-order valence-corrected chi connectivity index (χ0v) is 24.3. The normalized spacial score (nSPS) is 19.5. The predicted octanol–water partition coefficient (Wildman–Crippen LogP) is 7.38. The Morgan fingerprint density at radius 1 is 1.03 bits per heavy atom. The quantitative estimate of drug-likeness (QED) is 0.331. The molecule has 4 rings (SSSR count). The molecule has 1 amide bonds. The van der Waals surface area contributed by atoms with E-state index >= 15 is 0 Å². The highest BCUT2D eigenvalue weighted by Crippen LogP contribution is 2.47. The van der Waals surface area contributed by atoms with Crippen LogP contribution in [-0.2, 0) is 15.6 Å². The molecule has 5 heteroatoms. The summed E-state index contributed by atoms with van der Waals surface area (Å²) in [5, 5.41) is 3.49. The maximum absolute atomic E-state index is 12.7. The Bertz CT molecular complexity index is 1030. The number of benzene rings is 1. The molecule has 198 valence electrons. The van der Waals surface area contributed by atoms with Gasteiger partial charge in [0.05, 0.1) is 10.7 Å². The second-order valence-corrected chi connectivity index (χ2v) is 13.1. The van der Waals surface area contributed by atoms with Gasteiger partial charge in [0, 0.05) is 36.4 Å². The third-order valence-electron chi connectivity index (χ3n) is 8.88. The fourth-order valence-electron chi connectivity index (χ4n) is 6.04. The number of carbonyl (C=O) groups excluding carboxylic acids is 1. The van der Waals surface area contributed by atoms with Gasteiger partial charge in [0.1, 0.15) is 0 Å². The lowest BCUT2D eigenvalue weighted by atomic mass is 9.63. The number of thiazole rings is 1. The second kappa shape index (κ2) is 11.3. The molecule has 1 aliphatic carbocycles. The van der Waals surface area contributed by atoms with Crippen molar-refractivity contribution in [3.63, 3.8) is 0 Å². The molecule has 0 radical (unpaired) electrons. The molecular formula is C31H47N3OS. The second-order valence-electron chi connectivity index (χ2n) is 12.2. The maximum atomic E-state index is 12.7. The minimum absolute atomic E-state index is 0.213.